The van der Waals surface area contributed by atoms with Crippen LogP contribution in [-0.4, -0.2) is 22.4 Å². The van der Waals surface area contributed by atoms with E-state index >= 15 is 0 Å². The number of pyridine rings is 1. The van der Waals surface area contributed by atoms with Crippen molar-refractivity contribution >= 4 is 73.8 Å². The van der Waals surface area contributed by atoms with Gasteiger partial charge >= 0.3 is 0 Å². The van der Waals surface area contributed by atoms with Crippen molar-refractivity contribution in [1.82, 2.24) is 10.3 Å². The third-order valence-electron chi connectivity index (χ3n) is 3.72. The van der Waals surface area contributed by atoms with Crippen molar-refractivity contribution in [2.75, 3.05) is 6.54 Å². The van der Waals surface area contributed by atoms with Crippen molar-refractivity contribution in [2.24, 2.45) is 0 Å². The van der Waals surface area contributed by atoms with Crippen LogP contribution >= 0.6 is 62.2 Å². The molecular weight excluding hydrogens is 521 g/mol. The van der Waals surface area contributed by atoms with Crippen LogP contribution in [0.2, 0.25) is 10.0 Å². The average Bonchev–Trinajstić information content (AvgIpc) is 3.11. The molecular formula is C18H12BrCl2N3O3S2. The van der Waals surface area contributed by atoms with Crippen molar-refractivity contribution in [3.05, 3.63) is 77.8 Å². The molecule has 2 aromatic heterocycles. The second kappa shape index (κ2) is 9.90. The Morgan fingerprint density at radius 2 is 1.90 bits per heavy atom. The zero-order valence-electron chi connectivity index (χ0n) is 14.5. The Balaban J connectivity index is 1.72. The van der Waals surface area contributed by atoms with Gasteiger partial charge in [0.1, 0.15) is 9.09 Å². The lowest BCUT2D eigenvalue weighted by molar-refractivity contribution is -0.387. The first-order valence-electron chi connectivity index (χ1n) is 8.13. The maximum atomic E-state index is 12.5. The molecule has 0 radical (unpaired) electrons. The number of nitro groups is 1. The van der Waals surface area contributed by atoms with Gasteiger partial charge < -0.3 is 5.32 Å². The standard InChI is InChI=1S/C18H12BrCl2N3O3S2/c19-11-3-1-10(2-4-11)5-6-23-17(25)15-7-14(24(26)27)18(28-15)29-16-12(20)8-22-9-13(16)21/h1-4,7-9H,5-6H2,(H,23,25). The number of hydrogen-bond acceptors (Lipinski definition) is 6. The molecule has 0 atom stereocenters. The number of amides is 1. The van der Waals surface area contributed by atoms with E-state index < -0.39 is 4.92 Å². The quantitative estimate of drug-likeness (QED) is 0.287. The van der Waals surface area contributed by atoms with Gasteiger partial charge in [0.25, 0.3) is 11.6 Å². The van der Waals surface area contributed by atoms with Crippen LogP contribution in [0.5, 0.6) is 0 Å². The lowest BCUT2D eigenvalue weighted by Crippen LogP contribution is -2.24. The molecule has 0 unspecified atom stereocenters. The fourth-order valence-corrected chi connectivity index (χ4v) is 5.37. The monoisotopic (exact) mass is 531 g/mol. The Kier molecular flexibility index (Phi) is 7.53. The zero-order valence-corrected chi connectivity index (χ0v) is 19.3. The van der Waals surface area contributed by atoms with Crippen LogP contribution in [0.1, 0.15) is 15.2 Å². The molecule has 150 valence electrons. The van der Waals surface area contributed by atoms with Gasteiger partial charge in [0.2, 0.25) is 0 Å². The average molecular weight is 533 g/mol. The van der Waals surface area contributed by atoms with Gasteiger partial charge in [0, 0.05) is 29.5 Å². The Bertz CT molecular complexity index is 1040. The van der Waals surface area contributed by atoms with E-state index in [1.807, 2.05) is 24.3 Å². The van der Waals surface area contributed by atoms with Gasteiger partial charge in [0.05, 0.1) is 19.9 Å². The second-order valence-electron chi connectivity index (χ2n) is 5.71. The highest BCUT2D eigenvalue weighted by atomic mass is 79.9. The minimum absolute atomic E-state index is 0.165. The summed E-state index contributed by atoms with van der Waals surface area (Å²) in [5, 5.41) is 14.8. The predicted octanol–water partition coefficient (Wildman–Crippen LogP) is 6.24. The summed E-state index contributed by atoms with van der Waals surface area (Å²) < 4.78 is 1.30. The van der Waals surface area contributed by atoms with Crippen LogP contribution in [0.4, 0.5) is 5.69 Å². The van der Waals surface area contributed by atoms with Crippen molar-refractivity contribution in [1.29, 1.82) is 0 Å². The fourth-order valence-electron chi connectivity index (χ4n) is 2.33. The topological polar surface area (TPSA) is 85.1 Å². The SMILES string of the molecule is O=C(NCCc1ccc(Br)cc1)c1cc([N+](=O)[O-])c(Sc2c(Cl)cncc2Cl)s1. The molecule has 0 aliphatic carbocycles. The molecule has 0 spiro atoms. The summed E-state index contributed by atoms with van der Waals surface area (Å²) in [6.45, 7) is 0.413. The van der Waals surface area contributed by atoms with Gasteiger partial charge in [-0.05, 0) is 24.1 Å². The van der Waals surface area contributed by atoms with Gasteiger partial charge in [-0.2, -0.15) is 0 Å². The van der Waals surface area contributed by atoms with Crippen molar-refractivity contribution in [3.63, 3.8) is 0 Å². The minimum atomic E-state index is -0.527. The number of thiophene rings is 1. The minimum Gasteiger partial charge on any atom is -0.351 e. The molecule has 0 aliphatic rings. The van der Waals surface area contributed by atoms with Crippen molar-refractivity contribution < 1.29 is 9.72 Å². The van der Waals surface area contributed by atoms with Crippen LogP contribution in [0, 0.1) is 10.1 Å². The maximum Gasteiger partial charge on any atom is 0.294 e. The first-order chi connectivity index (χ1) is 13.8. The molecule has 1 N–H and O–H groups in total. The first kappa shape index (κ1) is 22.0. The number of carbonyl (C=O) groups excluding carboxylic acids is 1. The van der Waals surface area contributed by atoms with Gasteiger partial charge in [0.15, 0.2) is 0 Å². The number of carbonyl (C=O) groups is 1. The molecule has 0 fully saturated rings. The summed E-state index contributed by atoms with van der Waals surface area (Å²) in [6.07, 6.45) is 3.46. The van der Waals surface area contributed by atoms with Crippen LogP contribution in [0.25, 0.3) is 0 Å². The highest BCUT2D eigenvalue weighted by Crippen LogP contribution is 2.45. The summed E-state index contributed by atoms with van der Waals surface area (Å²) in [4.78, 5) is 27.9. The van der Waals surface area contributed by atoms with Crippen molar-refractivity contribution in [2.45, 2.75) is 15.5 Å². The Morgan fingerprint density at radius 1 is 1.24 bits per heavy atom. The van der Waals surface area contributed by atoms with Crippen LogP contribution in [0.15, 0.2) is 56.3 Å². The lowest BCUT2D eigenvalue weighted by atomic mass is 10.1. The third-order valence-corrected chi connectivity index (χ3v) is 7.50. The van der Waals surface area contributed by atoms with E-state index in [-0.39, 0.29) is 26.5 Å². The highest BCUT2D eigenvalue weighted by Gasteiger charge is 2.24. The van der Waals surface area contributed by atoms with E-state index in [0.717, 1.165) is 33.1 Å². The first-order valence-corrected chi connectivity index (χ1v) is 11.3. The number of benzene rings is 1. The molecule has 3 rings (SSSR count). The van der Waals surface area contributed by atoms with Crippen molar-refractivity contribution in [3.8, 4) is 0 Å². The fraction of sp³-hybridized carbons (Fsp3) is 0.111. The molecule has 2 heterocycles. The number of nitrogens with zero attached hydrogens (tertiary/aromatic N) is 2. The number of aromatic nitrogens is 1. The normalized spacial score (nSPS) is 10.7. The maximum absolute atomic E-state index is 12.5. The Labute approximate surface area is 192 Å². The summed E-state index contributed by atoms with van der Waals surface area (Å²) in [5.74, 6) is -0.367. The van der Waals surface area contributed by atoms with E-state index in [4.69, 9.17) is 23.2 Å². The van der Waals surface area contributed by atoms with Gasteiger partial charge in [-0.3, -0.25) is 19.9 Å². The molecule has 1 amide bonds. The molecule has 1 aromatic carbocycles. The van der Waals surface area contributed by atoms with Gasteiger partial charge in [-0.1, -0.05) is 63.0 Å². The summed E-state index contributed by atoms with van der Waals surface area (Å²) in [7, 11) is 0. The van der Waals surface area contributed by atoms with E-state index in [0.29, 0.717) is 22.1 Å². The second-order valence-corrected chi connectivity index (χ2v) is 9.77. The van der Waals surface area contributed by atoms with Gasteiger partial charge in [-0.15, -0.1) is 11.3 Å². The molecule has 6 nitrogen and oxygen atoms in total. The van der Waals surface area contributed by atoms with E-state index in [1.165, 1.54) is 18.5 Å². The molecule has 0 saturated heterocycles. The molecule has 0 bridgehead atoms. The van der Waals surface area contributed by atoms with Crippen LogP contribution in [-0.2, 0) is 6.42 Å². The third kappa shape index (κ3) is 5.70. The number of hydrogen-bond donors (Lipinski definition) is 1. The largest absolute Gasteiger partial charge is 0.351 e. The molecule has 11 heteroatoms. The predicted molar refractivity (Wildman–Crippen MR) is 120 cm³/mol. The smallest absolute Gasteiger partial charge is 0.294 e. The van der Waals surface area contributed by atoms with E-state index in [2.05, 4.69) is 26.2 Å². The summed E-state index contributed by atoms with van der Waals surface area (Å²) in [6, 6.07) is 9.05. The molecule has 29 heavy (non-hydrogen) atoms. The Morgan fingerprint density at radius 3 is 2.52 bits per heavy atom. The number of nitrogens with one attached hydrogen (secondary N) is 1. The van der Waals surface area contributed by atoms with Crippen LogP contribution < -0.4 is 5.32 Å². The van der Waals surface area contributed by atoms with Crippen LogP contribution in [0.3, 0.4) is 0 Å². The number of rotatable bonds is 7. The molecule has 0 saturated carbocycles. The van der Waals surface area contributed by atoms with E-state index in [1.54, 1.807) is 0 Å². The lowest BCUT2D eigenvalue weighted by Gasteiger charge is -2.04. The summed E-state index contributed by atoms with van der Waals surface area (Å²) in [5.41, 5.74) is 0.908. The van der Waals surface area contributed by atoms with E-state index in [9.17, 15) is 14.9 Å². The Hall–Kier alpha value is -1.65. The number of halogens is 3. The zero-order chi connectivity index (χ0) is 21.0. The molecule has 0 aliphatic heterocycles. The molecule has 3 aromatic rings. The van der Waals surface area contributed by atoms with Gasteiger partial charge in [-0.25, -0.2) is 0 Å². The summed E-state index contributed by atoms with van der Waals surface area (Å²) >= 11 is 17.6. The highest BCUT2D eigenvalue weighted by molar-refractivity contribution is 9.10.